The topological polar surface area (TPSA) is 76.3 Å². The van der Waals surface area contributed by atoms with Crippen LogP contribution < -0.4 is 5.73 Å². The van der Waals surface area contributed by atoms with Gasteiger partial charge in [-0.05, 0) is 18.6 Å². The molecule has 1 aromatic rings. The van der Waals surface area contributed by atoms with Crippen LogP contribution in [0, 0.1) is 0 Å². The Bertz CT molecular complexity index is 460. The Morgan fingerprint density at radius 1 is 1.29 bits per heavy atom. The van der Waals surface area contributed by atoms with E-state index in [4.69, 9.17) is 17.3 Å². The molecule has 2 heterocycles. The molecule has 6 heteroatoms. The number of likely N-dealkylation sites (tertiary alicyclic amines) is 1. The Kier molecular flexibility index (Phi) is 3.28. The highest BCUT2D eigenvalue weighted by Crippen LogP contribution is 2.20. The molecule has 2 N–H and O–H groups in total. The monoisotopic (exact) mass is 253 g/mol. The van der Waals surface area contributed by atoms with Gasteiger partial charge in [-0.15, -0.1) is 0 Å². The summed E-state index contributed by atoms with van der Waals surface area (Å²) in [7, 11) is 0. The van der Waals surface area contributed by atoms with Gasteiger partial charge < -0.3 is 5.73 Å². The quantitative estimate of drug-likeness (QED) is 0.808. The van der Waals surface area contributed by atoms with Gasteiger partial charge in [0.15, 0.2) is 0 Å². The summed E-state index contributed by atoms with van der Waals surface area (Å²) < 4.78 is 0. The second-order valence-corrected chi connectivity index (χ2v) is 4.30. The van der Waals surface area contributed by atoms with Gasteiger partial charge in [-0.3, -0.25) is 14.5 Å². The molecule has 0 spiro atoms. The fourth-order valence-electron chi connectivity index (χ4n) is 1.74. The van der Waals surface area contributed by atoms with Gasteiger partial charge in [0.05, 0.1) is 17.3 Å². The van der Waals surface area contributed by atoms with E-state index in [1.54, 1.807) is 12.1 Å². The van der Waals surface area contributed by atoms with Gasteiger partial charge in [-0.1, -0.05) is 11.6 Å². The number of pyridine rings is 1. The fraction of sp³-hybridized carbons (Fsp3) is 0.364. The highest BCUT2D eigenvalue weighted by atomic mass is 35.5. The first-order valence-electron chi connectivity index (χ1n) is 5.32. The molecule has 17 heavy (non-hydrogen) atoms. The van der Waals surface area contributed by atoms with Crippen LogP contribution in [-0.2, 0) is 16.1 Å². The third kappa shape index (κ3) is 2.55. The third-order valence-electron chi connectivity index (χ3n) is 2.63. The van der Waals surface area contributed by atoms with Crippen molar-refractivity contribution in [1.82, 2.24) is 9.88 Å². The molecule has 0 radical (unpaired) electrons. The molecule has 1 aliphatic heterocycles. The minimum absolute atomic E-state index is 0.0987. The van der Waals surface area contributed by atoms with Crippen LogP contribution >= 0.6 is 11.6 Å². The van der Waals surface area contributed by atoms with Crippen molar-refractivity contribution in [2.45, 2.75) is 25.8 Å². The number of anilines is 1. The minimum atomic E-state index is -0.179. The predicted octanol–water partition coefficient (Wildman–Crippen LogP) is 1.36. The van der Waals surface area contributed by atoms with Crippen LogP contribution in [0.4, 0.5) is 5.82 Å². The zero-order chi connectivity index (χ0) is 12.4. The molecule has 0 saturated carbocycles. The van der Waals surface area contributed by atoms with Crippen LogP contribution in [0.25, 0.3) is 0 Å². The van der Waals surface area contributed by atoms with E-state index in [1.165, 1.54) is 4.90 Å². The van der Waals surface area contributed by atoms with E-state index >= 15 is 0 Å². The number of carbonyl (C=O) groups excluding carboxylic acids is 2. The van der Waals surface area contributed by atoms with Crippen molar-refractivity contribution in [1.29, 1.82) is 0 Å². The fourth-order valence-corrected chi connectivity index (χ4v) is 1.90. The van der Waals surface area contributed by atoms with Crippen LogP contribution in [0.5, 0.6) is 0 Å². The third-order valence-corrected chi connectivity index (χ3v) is 2.98. The number of piperidine rings is 1. The molecule has 0 aliphatic carbocycles. The summed E-state index contributed by atoms with van der Waals surface area (Å²) in [5.41, 5.74) is 6.00. The summed E-state index contributed by atoms with van der Waals surface area (Å²) in [4.78, 5) is 28.4. The first kappa shape index (κ1) is 11.9. The Balaban J connectivity index is 2.21. The summed E-state index contributed by atoms with van der Waals surface area (Å²) in [5.74, 6) is -0.0376. The second kappa shape index (κ2) is 4.71. The summed E-state index contributed by atoms with van der Waals surface area (Å²) in [5, 5.41) is 0.408. The molecule has 1 aliphatic rings. The van der Waals surface area contributed by atoms with Crippen LogP contribution in [0.1, 0.15) is 25.0 Å². The van der Waals surface area contributed by atoms with E-state index in [9.17, 15) is 9.59 Å². The summed E-state index contributed by atoms with van der Waals surface area (Å²) in [6, 6.07) is 3.18. The van der Waals surface area contributed by atoms with Crippen molar-refractivity contribution in [3.63, 3.8) is 0 Å². The molecule has 2 amide bonds. The molecule has 1 fully saturated rings. The molecule has 0 bridgehead atoms. The Morgan fingerprint density at radius 3 is 2.59 bits per heavy atom. The number of nitrogens with zero attached hydrogens (tertiary/aromatic N) is 2. The largest absolute Gasteiger partial charge is 0.384 e. The first-order valence-corrected chi connectivity index (χ1v) is 5.70. The lowest BCUT2D eigenvalue weighted by Crippen LogP contribution is -2.39. The second-order valence-electron chi connectivity index (χ2n) is 3.89. The number of halogens is 1. The van der Waals surface area contributed by atoms with Gasteiger partial charge >= 0.3 is 0 Å². The standard InChI is InChI=1S/C11H12ClN3O2/c12-7-4-5-9(13)14-8(7)6-15-10(16)2-1-3-11(15)17/h4-5H,1-3,6H2,(H2,13,14). The van der Waals surface area contributed by atoms with E-state index in [0.717, 1.165) is 0 Å². The van der Waals surface area contributed by atoms with Crippen LogP contribution in [0.2, 0.25) is 5.02 Å². The number of rotatable bonds is 2. The van der Waals surface area contributed by atoms with Crippen molar-refractivity contribution < 1.29 is 9.59 Å². The maximum atomic E-state index is 11.6. The molecule has 1 aromatic heterocycles. The summed E-state index contributed by atoms with van der Waals surface area (Å²) in [6.45, 7) is 0.0987. The number of hydrogen-bond donors (Lipinski definition) is 1. The maximum Gasteiger partial charge on any atom is 0.229 e. The smallest absolute Gasteiger partial charge is 0.229 e. The zero-order valence-electron chi connectivity index (χ0n) is 9.15. The molecular weight excluding hydrogens is 242 g/mol. The van der Waals surface area contributed by atoms with Crippen molar-refractivity contribution >= 4 is 29.2 Å². The lowest BCUT2D eigenvalue weighted by Gasteiger charge is -2.24. The van der Waals surface area contributed by atoms with E-state index in [0.29, 0.717) is 35.8 Å². The molecule has 5 nitrogen and oxygen atoms in total. The molecule has 2 rings (SSSR count). The molecule has 0 unspecified atom stereocenters. The number of amides is 2. The normalized spacial score (nSPS) is 16.4. The average molecular weight is 254 g/mol. The average Bonchev–Trinajstić information content (AvgIpc) is 2.28. The van der Waals surface area contributed by atoms with Gasteiger partial charge in [0.25, 0.3) is 0 Å². The van der Waals surface area contributed by atoms with E-state index in [-0.39, 0.29) is 18.4 Å². The molecular formula is C11H12ClN3O2. The Hall–Kier alpha value is -1.62. The van der Waals surface area contributed by atoms with Crippen LogP contribution in [-0.4, -0.2) is 21.7 Å². The van der Waals surface area contributed by atoms with E-state index < -0.39 is 0 Å². The SMILES string of the molecule is Nc1ccc(Cl)c(CN2C(=O)CCCC2=O)n1. The molecule has 90 valence electrons. The minimum Gasteiger partial charge on any atom is -0.384 e. The van der Waals surface area contributed by atoms with Crippen molar-refractivity contribution in [3.05, 3.63) is 22.8 Å². The number of nitrogen functional groups attached to an aromatic ring is 1. The predicted molar refractivity (Wildman–Crippen MR) is 63.1 cm³/mol. The molecule has 1 saturated heterocycles. The summed E-state index contributed by atoms with van der Waals surface area (Å²) in [6.07, 6.45) is 1.41. The summed E-state index contributed by atoms with van der Waals surface area (Å²) >= 11 is 5.94. The number of imide groups is 1. The zero-order valence-corrected chi connectivity index (χ0v) is 9.91. The number of aromatic nitrogens is 1. The first-order chi connectivity index (χ1) is 8.08. The highest BCUT2D eigenvalue weighted by Gasteiger charge is 2.26. The number of nitrogens with two attached hydrogens (primary N) is 1. The maximum absolute atomic E-state index is 11.6. The van der Waals surface area contributed by atoms with E-state index in [2.05, 4.69) is 4.98 Å². The van der Waals surface area contributed by atoms with Gasteiger partial charge in [-0.2, -0.15) is 0 Å². The highest BCUT2D eigenvalue weighted by molar-refractivity contribution is 6.31. The number of hydrogen-bond acceptors (Lipinski definition) is 4. The van der Waals surface area contributed by atoms with Gasteiger partial charge in [-0.25, -0.2) is 4.98 Å². The Labute approximate surface area is 104 Å². The Morgan fingerprint density at radius 2 is 1.94 bits per heavy atom. The lowest BCUT2D eigenvalue weighted by molar-refractivity contribution is -0.148. The van der Waals surface area contributed by atoms with Crippen LogP contribution in [0.15, 0.2) is 12.1 Å². The van der Waals surface area contributed by atoms with Gasteiger partial charge in [0.2, 0.25) is 11.8 Å². The number of carbonyl (C=O) groups is 2. The van der Waals surface area contributed by atoms with Crippen molar-refractivity contribution in [2.24, 2.45) is 0 Å². The molecule has 0 atom stereocenters. The van der Waals surface area contributed by atoms with Gasteiger partial charge in [0.1, 0.15) is 5.82 Å². The van der Waals surface area contributed by atoms with Crippen molar-refractivity contribution in [3.8, 4) is 0 Å². The lowest BCUT2D eigenvalue weighted by atomic mass is 10.1. The van der Waals surface area contributed by atoms with Crippen LogP contribution in [0.3, 0.4) is 0 Å². The molecule has 0 aromatic carbocycles. The van der Waals surface area contributed by atoms with Gasteiger partial charge in [0, 0.05) is 12.8 Å². The van der Waals surface area contributed by atoms with Crippen molar-refractivity contribution in [2.75, 3.05) is 5.73 Å². The van der Waals surface area contributed by atoms with E-state index in [1.807, 2.05) is 0 Å².